The van der Waals surface area contributed by atoms with Gasteiger partial charge in [-0.15, -0.1) is 0 Å². The molecule has 0 radical (unpaired) electrons. The summed E-state index contributed by atoms with van der Waals surface area (Å²) in [5.74, 6) is 0.977. The van der Waals surface area contributed by atoms with Gasteiger partial charge in [0.25, 0.3) is 5.91 Å². The maximum Gasteiger partial charge on any atom is 0.289 e. The van der Waals surface area contributed by atoms with Gasteiger partial charge in [0.2, 0.25) is 6.79 Å². The van der Waals surface area contributed by atoms with Gasteiger partial charge in [0, 0.05) is 10.6 Å². The maximum atomic E-state index is 13.0. The van der Waals surface area contributed by atoms with Crippen molar-refractivity contribution in [3.05, 3.63) is 101 Å². The first-order valence-electron chi connectivity index (χ1n) is 10.3. The molecule has 1 amide bonds. The molecule has 1 aromatic heterocycles. The monoisotopic (exact) mass is 458 g/mol. The van der Waals surface area contributed by atoms with E-state index in [9.17, 15) is 4.79 Å². The number of carbonyl (C=O) groups is 1. The Morgan fingerprint density at radius 3 is 2.64 bits per heavy atom. The molecule has 8 heteroatoms. The lowest BCUT2D eigenvalue weighted by Crippen LogP contribution is -2.22. The third-order valence-electron chi connectivity index (χ3n) is 5.10. The summed E-state index contributed by atoms with van der Waals surface area (Å²) in [6.45, 7) is 0.650. The van der Waals surface area contributed by atoms with E-state index in [4.69, 9.17) is 21.1 Å². The maximum absolute atomic E-state index is 13.0. The van der Waals surface area contributed by atoms with E-state index in [0.29, 0.717) is 34.5 Å². The number of hydrogen-bond donors (Lipinski definition) is 1. The molecule has 2 heterocycles. The lowest BCUT2D eigenvalue weighted by Gasteiger charge is -2.06. The predicted octanol–water partition coefficient (Wildman–Crippen LogP) is 4.74. The van der Waals surface area contributed by atoms with E-state index in [-0.39, 0.29) is 12.7 Å². The topological polar surface area (TPSA) is 77.7 Å². The Hall–Kier alpha value is -4.10. The van der Waals surface area contributed by atoms with Crippen molar-refractivity contribution >= 4 is 23.7 Å². The number of aromatic nitrogens is 2. The normalized spacial score (nSPS) is 12.3. The second-order valence-electron chi connectivity index (χ2n) is 7.38. The Balaban J connectivity index is 1.38. The molecule has 0 saturated heterocycles. The number of nitrogens with one attached hydrogen (secondary N) is 1. The molecule has 0 atom stereocenters. The van der Waals surface area contributed by atoms with Crippen molar-refractivity contribution in [3.63, 3.8) is 0 Å². The molecule has 4 aromatic rings. The SMILES string of the molecule is O=C(N/N=C/c1ccc2c(c1)OCO2)c1cc(-c2ccc(Cl)cc2)nn1Cc1ccccc1. The summed E-state index contributed by atoms with van der Waals surface area (Å²) in [5.41, 5.74) is 6.33. The van der Waals surface area contributed by atoms with Gasteiger partial charge < -0.3 is 9.47 Å². The lowest BCUT2D eigenvalue weighted by molar-refractivity contribution is 0.0945. The first-order chi connectivity index (χ1) is 16.2. The number of benzene rings is 3. The Labute approximate surface area is 195 Å². The largest absolute Gasteiger partial charge is 0.454 e. The van der Waals surface area contributed by atoms with Crippen molar-refractivity contribution < 1.29 is 14.3 Å². The number of carbonyl (C=O) groups excluding carboxylic acids is 1. The molecule has 0 fully saturated rings. The van der Waals surface area contributed by atoms with Crippen LogP contribution >= 0.6 is 11.6 Å². The average molecular weight is 459 g/mol. The van der Waals surface area contributed by atoms with Gasteiger partial charge in [0.15, 0.2) is 11.5 Å². The van der Waals surface area contributed by atoms with Gasteiger partial charge in [0.1, 0.15) is 5.69 Å². The van der Waals surface area contributed by atoms with E-state index >= 15 is 0 Å². The molecule has 33 heavy (non-hydrogen) atoms. The second kappa shape index (κ2) is 9.18. The molecule has 0 bridgehead atoms. The van der Waals surface area contributed by atoms with Gasteiger partial charge in [0.05, 0.1) is 18.5 Å². The van der Waals surface area contributed by atoms with E-state index in [2.05, 4.69) is 15.6 Å². The van der Waals surface area contributed by atoms with Crippen LogP contribution in [0.1, 0.15) is 21.6 Å². The minimum Gasteiger partial charge on any atom is -0.454 e. The van der Waals surface area contributed by atoms with Crippen LogP contribution in [0.25, 0.3) is 11.3 Å². The van der Waals surface area contributed by atoms with Crippen LogP contribution in [0.3, 0.4) is 0 Å². The molecule has 0 saturated carbocycles. The van der Waals surface area contributed by atoms with E-state index in [1.807, 2.05) is 48.5 Å². The molecule has 0 aliphatic carbocycles. The number of hydrogen-bond acceptors (Lipinski definition) is 5. The van der Waals surface area contributed by atoms with Crippen molar-refractivity contribution in [3.8, 4) is 22.8 Å². The lowest BCUT2D eigenvalue weighted by atomic mass is 10.1. The van der Waals surface area contributed by atoms with Gasteiger partial charge in [-0.25, -0.2) is 5.43 Å². The van der Waals surface area contributed by atoms with Crippen molar-refractivity contribution in [1.29, 1.82) is 0 Å². The van der Waals surface area contributed by atoms with Crippen molar-refractivity contribution in [2.24, 2.45) is 5.10 Å². The quantitative estimate of drug-likeness (QED) is 0.334. The zero-order valence-electron chi connectivity index (χ0n) is 17.4. The summed E-state index contributed by atoms with van der Waals surface area (Å²) >= 11 is 6.01. The zero-order valence-corrected chi connectivity index (χ0v) is 18.2. The smallest absolute Gasteiger partial charge is 0.289 e. The Kier molecular flexibility index (Phi) is 5.78. The highest BCUT2D eigenvalue weighted by Gasteiger charge is 2.17. The van der Waals surface area contributed by atoms with E-state index in [0.717, 1.165) is 16.7 Å². The summed E-state index contributed by atoms with van der Waals surface area (Å²) in [4.78, 5) is 13.0. The van der Waals surface area contributed by atoms with Crippen molar-refractivity contribution in [2.75, 3.05) is 6.79 Å². The number of hydrazone groups is 1. The fraction of sp³-hybridized carbons (Fsp3) is 0.0800. The number of fused-ring (bicyclic) bond motifs is 1. The molecular formula is C25H19ClN4O3. The van der Waals surface area contributed by atoms with Gasteiger partial charge in [-0.05, 0) is 47.5 Å². The van der Waals surface area contributed by atoms with Crippen LogP contribution in [0.15, 0.2) is 84.0 Å². The summed E-state index contributed by atoms with van der Waals surface area (Å²) in [7, 11) is 0. The molecule has 7 nitrogen and oxygen atoms in total. The highest BCUT2D eigenvalue weighted by molar-refractivity contribution is 6.30. The molecule has 164 valence electrons. The van der Waals surface area contributed by atoms with Gasteiger partial charge in [-0.3, -0.25) is 9.48 Å². The summed E-state index contributed by atoms with van der Waals surface area (Å²) in [6, 6.07) is 24.4. The van der Waals surface area contributed by atoms with E-state index in [1.165, 1.54) is 0 Å². The third kappa shape index (κ3) is 4.73. The van der Waals surface area contributed by atoms with Crippen LogP contribution in [-0.4, -0.2) is 28.7 Å². The number of amides is 1. The first kappa shape index (κ1) is 20.8. The molecule has 0 spiro atoms. The standard InChI is InChI=1S/C25H19ClN4O3/c26-20-9-7-19(8-10-20)21-13-22(30(29-21)15-17-4-2-1-3-5-17)25(31)28-27-14-18-6-11-23-24(12-18)33-16-32-23/h1-14H,15-16H2,(H,28,31)/b27-14+. The number of rotatable bonds is 6. The Morgan fingerprint density at radius 2 is 1.82 bits per heavy atom. The van der Waals surface area contributed by atoms with Crippen LogP contribution in [-0.2, 0) is 6.54 Å². The molecule has 1 aliphatic heterocycles. The molecule has 1 aliphatic rings. The number of halogens is 1. The van der Waals surface area contributed by atoms with Gasteiger partial charge in [-0.1, -0.05) is 54.1 Å². The van der Waals surface area contributed by atoms with Crippen molar-refractivity contribution in [2.45, 2.75) is 6.54 Å². The van der Waals surface area contributed by atoms with Gasteiger partial charge >= 0.3 is 0 Å². The second-order valence-corrected chi connectivity index (χ2v) is 7.81. The fourth-order valence-corrected chi connectivity index (χ4v) is 3.58. The predicted molar refractivity (Wildman–Crippen MR) is 126 cm³/mol. The third-order valence-corrected chi connectivity index (χ3v) is 5.36. The highest BCUT2D eigenvalue weighted by atomic mass is 35.5. The molecule has 5 rings (SSSR count). The van der Waals surface area contributed by atoms with Crippen LogP contribution in [0.5, 0.6) is 11.5 Å². The Bertz CT molecular complexity index is 1320. The van der Waals surface area contributed by atoms with Crippen molar-refractivity contribution in [1.82, 2.24) is 15.2 Å². The molecular weight excluding hydrogens is 440 g/mol. The fourth-order valence-electron chi connectivity index (χ4n) is 3.45. The minimum absolute atomic E-state index is 0.202. The van der Waals surface area contributed by atoms with E-state index in [1.54, 1.807) is 41.2 Å². The average Bonchev–Trinajstić information content (AvgIpc) is 3.47. The summed E-state index contributed by atoms with van der Waals surface area (Å²) in [6.07, 6.45) is 1.55. The minimum atomic E-state index is -0.365. The summed E-state index contributed by atoms with van der Waals surface area (Å²) in [5, 5.41) is 9.41. The summed E-state index contributed by atoms with van der Waals surface area (Å²) < 4.78 is 12.3. The first-order valence-corrected chi connectivity index (χ1v) is 10.6. The van der Waals surface area contributed by atoms with Crippen LogP contribution in [0, 0.1) is 0 Å². The molecule has 1 N–H and O–H groups in total. The van der Waals surface area contributed by atoms with E-state index < -0.39 is 0 Å². The zero-order chi connectivity index (χ0) is 22.6. The van der Waals surface area contributed by atoms with Gasteiger partial charge in [-0.2, -0.15) is 10.2 Å². The molecule has 3 aromatic carbocycles. The van der Waals surface area contributed by atoms with Crippen LogP contribution < -0.4 is 14.9 Å². The Morgan fingerprint density at radius 1 is 1.03 bits per heavy atom. The molecule has 0 unspecified atom stereocenters. The highest BCUT2D eigenvalue weighted by Crippen LogP contribution is 2.32. The number of ether oxygens (including phenoxy) is 2. The van der Waals surface area contributed by atoms with Crippen LogP contribution in [0.4, 0.5) is 0 Å². The number of nitrogens with zero attached hydrogens (tertiary/aromatic N) is 3. The van der Waals surface area contributed by atoms with Crippen LogP contribution in [0.2, 0.25) is 5.02 Å².